The molecule has 2 aromatic rings. The van der Waals surface area contributed by atoms with Gasteiger partial charge in [-0.3, -0.25) is 0 Å². The van der Waals surface area contributed by atoms with Gasteiger partial charge in [0.2, 0.25) is 0 Å². The van der Waals surface area contributed by atoms with E-state index in [9.17, 15) is 4.57 Å². The Balaban J connectivity index is 2.79. The Morgan fingerprint density at radius 2 is 1.88 bits per heavy atom. The van der Waals surface area contributed by atoms with Gasteiger partial charge in [0.05, 0.1) is 17.4 Å². The standard InChI is InChI=1S/C13H19N2OP/c1-13(2,3)15-9-14-12-10(15)7-6-8-11(12)17(4,5)16/h6-9H,1-5H3. The van der Waals surface area contributed by atoms with Crippen LogP contribution in [0.25, 0.3) is 11.0 Å². The molecule has 3 nitrogen and oxygen atoms in total. The zero-order valence-corrected chi connectivity index (χ0v) is 12.0. The molecular weight excluding hydrogens is 231 g/mol. The van der Waals surface area contributed by atoms with Gasteiger partial charge in [0.15, 0.2) is 0 Å². The highest BCUT2D eigenvalue weighted by Crippen LogP contribution is 2.37. The molecule has 0 saturated heterocycles. The maximum atomic E-state index is 12.2. The van der Waals surface area contributed by atoms with E-state index in [1.807, 2.05) is 24.5 Å². The normalized spacial score (nSPS) is 13.2. The summed E-state index contributed by atoms with van der Waals surface area (Å²) in [5.41, 5.74) is 1.91. The Labute approximate surface area is 102 Å². The Morgan fingerprint density at radius 3 is 2.41 bits per heavy atom. The van der Waals surface area contributed by atoms with E-state index in [1.165, 1.54) is 0 Å². The maximum Gasteiger partial charge on any atom is 0.112 e. The van der Waals surface area contributed by atoms with Crippen LogP contribution in [0.1, 0.15) is 20.8 Å². The number of imidazole rings is 1. The van der Waals surface area contributed by atoms with Crippen LogP contribution in [-0.4, -0.2) is 22.9 Å². The van der Waals surface area contributed by atoms with E-state index in [0.29, 0.717) is 0 Å². The number of nitrogens with zero attached hydrogens (tertiary/aromatic N) is 2. The third kappa shape index (κ3) is 2.16. The summed E-state index contributed by atoms with van der Waals surface area (Å²) in [5, 5.41) is 0.873. The lowest BCUT2D eigenvalue weighted by Gasteiger charge is -2.21. The van der Waals surface area contributed by atoms with Crippen molar-refractivity contribution in [3.63, 3.8) is 0 Å². The second kappa shape index (κ2) is 3.71. The molecule has 92 valence electrons. The number of benzene rings is 1. The van der Waals surface area contributed by atoms with E-state index in [0.717, 1.165) is 16.3 Å². The molecule has 0 aliphatic carbocycles. The lowest BCUT2D eigenvalue weighted by molar-refractivity contribution is 0.408. The summed E-state index contributed by atoms with van der Waals surface area (Å²) in [6, 6.07) is 5.91. The predicted octanol–water partition coefficient (Wildman–Crippen LogP) is 3.04. The molecule has 0 fully saturated rings. The Hall–Kier alpha value is -1.08. The van der Waals surface area contributed by atoms with Gasteiger partial charge in [-0.2, -0.15) is 0 Å². The first-order valence-electron chi connectivity index (χ1n) is 5.73. The van der Waals surface area contributed by atoms with Gasteiger partial charge in [0.1, 0.15) is 7.14 Å². The highest BCUT2D eigenvalue weighted by molar-refractivity contribution is 7.70. The van der Waals surface area contributed by atoms with Crippen LogP contribution in [0.4, 0.5) is 0 Å². The molecule has 0 bridgehead atoms. The smallest absolute Gasteiger partial charge is 0.112 e. The molecular formula is C13H19N2OP. The summed E-state index contributed by atoms with van der Waals surface area (Å²) < 4.78 is 14.4. The van der Waals surface area contributed by atoms with Crippen LogP contribution in [0.5, 0.6) is 0 Å². The molecule has 4 heteroatoms. The summed E-state index contributed by atoms with van der Waals surface area (Å²) in [7, 11) is -2.28. The molecule has 1 heterocycles. The highest BCUT2D eigenvalue weighted by atomic mass is 31.2. The van der Waals surface area contributed by atoms with Crippen molar-refractivity contribution in [2.24, 2.45) is 0 Å². The molecule has 0 aliphatic heterocycles. The summed E-state index contributed by atoms with van der Waals surface area (Å²) in [4.78, 5) is 4.44. The van der Waals surface area contributed by atoms with Crippen LogP contribution >= 0.6 is 7.14 Å². The zero-order chi connectivity index (χ0) is 12.8. The Morgan fingerprint density at radius 1 is 1.24 bits per heavy atom. The molecule has 0 amide bonds. The van der Waals surface area contributed by atoms with Gasteiger partial charge >= 0.3 is 0 Å². The number of aromatic nitrogens is 2. The van der Waals surface area contributed by atoms with Crippen LogP contribution in [0.2, 0.25) is 0 Å². The number of para-hydroxylation sites is 1. The minimum Gasteiger partial charge on any atom is -0.325 e. The average molecular weight is 250 g/mol. The summed E-state index contributed by atoms with van der Waals surface area (Å²) in [6.45, 7) is 9.99. The first-order valence-corrected chi connectivity index (χ1v) is 8.33. The summed E-state index contributed by atoms with van der Waals surface area (Å²) in [5.74, 6) is 0. The predicted molar refractivity (Wildman–Crippen MR) is 73.8 cm³/mol. The second-order valence-electron chi connectivity index (χ2n) is 5.78. The van der Waals surface area contributed by atoms with Crippen LogP contribution in [0, 0.1) is 0 Å². The van der Waals surface area contributed by atoms with E-state index in [4.69, 9.17) is 0 Å². The van der Waals surface area contributed by atoms with Gasteiger partial charge in [0, 0.05) is 10.8 Å². The number of hydrogen-bond donors (Lipinski definition) is 0. The fourth-order valence-corrected chi connectivity index (χ4v) is 3.12. The Kier molecular flexibility index (Phi) is 2.70. The van der Waals surface area contributed by atoms with Crippen LogP contribution in [-0.2, 0) is 10.1 Å². The van der Waals surface area contributed by atoms with Gasteiger partial charge in [-0.15, -0.1) is 0 Å². The van der Waals surface area contributed by atoms with Crippen molar-refractivity contribution in [2.75, 3.05) is 13.3 Å². The minimum atomic E-state index is -2.28. The van der Waals surface area contributed by atoms with Gasteiger partial charge in [-0.25, -0.2) is 4.98 Å². The van der Waals surface area contributed by atoms with Crippen LogP contribution in [0.3, 0.4) is 0 Å². The van der Waals surface area contributed by atoms with Crippen molar-refractivity contribution in [1.82, 2.24) is 9.55 Å². The molecule has 0 radical (unpaired) electrons. The lowest BCUT2D eigenvalue weighted by atomic mass is 10.1. The van der Waals surface area contributed by atoms with Crippen LogP contribution < -0.4 is 5.30 Å². The SMILES string of the molecule is CC(C)(C)n1cnc2c(P(C)(C)=O)cccc21. The molecule has 2 rings (SSSR count). The van der Waals surface area contributed by atoms with E-state index >= 15 is 0 Å². The first-order chi connectivity index (χ1) is 7.71. The van der Waals surface area contributed by atoms with Crippen molar-refractivity contribution >= 4 is 23.5 Å². The van der Waals surface area contributed by atoms with E-state index < -0.39 is 7.14 Å². The molecule has 0 atom stereocenters. The van der Waals surface area contributed by atoms with Crippen molar-refractivity contribution in [3.05, 3.63) is 24.5 Å². The quantitative estimate of drug-likeness (QED) is 0.729. The summed E-state index contributed by atoms with van der Waals surface area (Å²) in [6.07, 6.45) is 1.84. The molecule has 0 spiro atoms. The third-order valence-electron chi connectivity index (χ3n) is 2.86. The average Bonchev–Trinajstić information content (AvgIpc) is 2.57. The topological polar surface area (TPSA) is 34.9 Å². The van der Waals surface area contributed by atoms with Gasteiger partial charge in [-0.05, 0) is 46.2 Å². The third-order valence-corrected chi connectivity index (χ3v) is 4.38. The highest BCUT2D eigenvalue weighted by Gasteiger charge is 2.21. The molecule has 0 aliphatic rings. The second-order valence-corrected chi connectivity index (χ2v) is 8.96. The van der Waals surface area contributed by atoms with Crippen LogP contribution in [0.15, 0.2) is 24.5 Å². The monoisotopic (exact) mass is 250 g/mol. The minimum absolute atomic E-state index is 0.0150. The molecule has 1 aromatic heterocycles. The van der Waals surface area contributed by atoms with E-state index in [1.54, 1.807) is 13.3 Å². The lowest BCUT2D eigenvalue weighted by Crippen LogP contribution is -2.20. The molecule has 0 saturated carbocycles. The first kappa shape index (κ1) is 12.4. The van der Waals surface area contributed by atoms with E-state index in [2.05, 4.69) is 30.3 Å². The zero-order valence-electron chi connectivity index (χ0n) is 11.1. The number of fused-ring (bicyclic) bond motifs is 1. The number of rotatable bonds is 1. The van der Waals surface area contributed by atoms with Gasteiger partial charge in [-0.1, -0.05) is 6.07 Å². The van der Waals surface area contributed by atoms with Crippen molar-refractivity contribution in [2.45, 2.75) is 26.3 Å². The van der Waals surface area contributed by atoms with Gasteiger partial charge in [0.25, 0.3) is 0 Å². The largest absolute Gasteiger partial charge is 0.325 e. The Bertz CT molecular complexity index is 601. The number of hydrogen-bond acceptors (Lipinski definition) is 2. The van der Waals surface area contributed by atoms with Crippen molar-refractivity contribution in [1.29, 1.82) is 0 Å². The van der Waals surface area contributed by atoms with Crippen molar-refractivity contribution < 1.29 is 4.57 Å². The maximum absolute atomic E-state index is 12.2. The van der Waals surface area contributed by atoms with E-state index in [-0.39, 0.29) is 5.54 Å². The molecule has 17 heavy (non-hydrogen) atoms. The fourth-order valence-electron chi connectivity index (χ4n) is 1.99. The molecule has 0 unspecified atom stereocenters. The summed E-state index contributed by atoms with van der Waals surface area (Å²) >= 11 is 0. The molecule has 0 N–H and O–H groups in total. The van der Waals surface area contributed by atoms with Gasteiger partial charge < -0.3 is 9.13 Å². The fraction of sp³-hybridized carbons (Fsp3) is 0.462. The van der Waals surface area contributed by atoms with Crippen molar-refractivity contribution in [3.8, 4) is 0 Å². The molecule has 1 aromatic carbocycles.